The van der Waals surface area contributed by atoms with Gasteiger partial charge in [0.2, 0.25) is 0 Å². The fourth-order valence-electron chi connectivity index (χ4n) is 2.87. The molecule has 0 aromatic carbocycles. The molecule has 1 aliphatic heterocycles. The van der Waals surface area contributed by atoms with Crippen molar-refractivity contribution in [2.75, 3.05) is 13.2 Å². The molecule has 0 radical (unpaired) electrons. The van der Waals surface area contributed by atoms with E-state index in [1.807, 2.05) is 27.7 Å². The maximum absolute atomic E-state index is 12.6. The van der Waals surface area contributed by atoms with Crippen LogP contribution in [-0.2, 0) is 14.3 Å². The number of β-amino-alcohol motifs (C(OH)–C–C–N with tert-alkyl or cyclic N) is 1. The number of carbonyl (C=O) groups excluding carboxylic acids is 2. The van der Waals surface area contributed by atoms with Gasteiger partial charge in [-0.1, -0.05) is 27.7 Å². The fourth-order valence-corrected chi connectivity index (χ4v) is 2.87. The Morgan fingerprint density at radius 3 is 2.21 bits per heavy atom. The van der Waals surface area contributed by atoms with Crippen molar-refractivity contribution < 1.29 is 24.2 Å². The number of hydrogen-bond acceptors (Lipinski definition) is 5. The largest absolute Gasteiger partial charge is 0.464 e. The van der Waals surface area contributed by atoms with E-state index < -0.39 is 29.8 Å². The number of ether oxygens (including phenoxy) is 2. The third-order valence-electron chi connectivity index (χ3n) is 3.79. The van der Waals surface area contributed by atoms with Crippen LogP contribution in [0.15, 0.2) is 0 Å². The zero-order valence-electron chi connectivity index (χ0n) is 16.0. The van der Waals surface area contributed by atoms with Crippen molar-refractivity contribution in [3.63, 3.8) is 0 Å². The van der Waals surface area contributed by atoms with Crippen molar-refractivity contribution >= 4 is 12.1 Å². The molecule has 0 aromatic rings. The minimum Gasteiger partial charge on any atom is -0.464 e. The van der Waals surface area contributed by atoms with Gasteiger partial charge in [0.1, 0.15) is 11.6 Å². The molecule has 6 heteroatoms. The maximum atomic E-state index is 12.6. The highest BCUT2D eigenvalue weighted by atomic mass is 16.6. The zero-order valence-corrected chi connectivity index (χ0v) is 16.0. The first-order valence-corrected chi connectivity index (χ1v) is 8.76. The van der Waals surface area contributed by atoms with Gasteiger partial charge in [0.25, 0.3) is 0 Å². The number of carbonyl (C=O) groups is 2. The molecule has 6 nitrogen and oxygen atoms in total. The highest BCUT2D eigenvalue weighted by Gasteiger charge is 2.49. The Morgan fingerprint density at radius 1 is 1.17 bits per heavy atom. The molecule has 1 unspecified atom stereocenters. The summed E-state index contributed by atoms with van der Waals surface area (Å²) in [7, 11) is 0. The molecular weight excluding hydrogens is 310 g/mol. The van der Waals surface area contributed by atoms with Crippen LogP contribution < -0.4 is 0 Å². The molecule has 0 aliphatic carbocycles. The number of esters is 1. The highest BCUT2D eigenvalue weighted by molar-refractivity contribution is 5.83. The molecule has 140 valence electrons. The summed E-state index contributed by atoms with van der Waals surface area (Å²) in [5.41, 5.74) is -0.662. The Kier molecular flexibility index (Phi) is 7.08. The summed E-state index contributed by atoms with van der Waals surface area (Å²) in [6, 6.07) is -0.795. The van der Waals surface area contributed by atoms with Crippen molar-refractivity contribution in [2.45, 2.75) is 72.6 Å². The molecule has 0 aromatic heterocycles. The van der Waals surface area contributed by atoms with Crippen LogP contribution in [-0.4, -0.2) is 53.0 Å². The number of rotatable bonds is 5. The molecule has 0 saturated carbocycles. The summed E-state index contributed by atoms with van der Waals surface area (Å²) in [6.07, 6.45) is -0.696. The van der Waals surface area contributed by atoms with E-state index in [4.69, 9.17) is 9.47 Å². The van der Waals surface area contributed by atoms with Crippen LogP contribution in [0.1, 0.15) is 54.9 Å². The maximum Gasteiger partial charge on any atom is 0.411 e. The van der Waals surface area contributed by atoms with Crippen LogP contribution in [0.5, 0.6) is 0 Å². The van der Waals surface area contributed by atoms with Crippen LogP contribution >= 0.6 is 0 Å². The van der Waals surface area contributed by atoms with Crippen molar-refractivity contribution in [3.05, 3.63) is 0 Å². The summed E-state index contributed by atoms with van der Waals surface area (Å²) >= 11 is 0. The lowest BCUT2D eigenvalue weighted by molar-refractivity contribution is -0.151. The van der Waals surface area contributed by atoms with Crippen LogP contribution in [0.3, 0.4) is 0 Å². The molecular formula is C18H33NO5. The lowest BCUT2D eigenvalue weighted by Crippen LogP contribution is -2.46. The molecule has 1 N–H and O–H groups in total. The predicted molar refractivity (Wildman–Crippen MR) is 91.5 cm³/mol. The molecule has 0 spiro atoms. The smallest absolute Gasteiger partial charge is 0.411 e. The van der Waals surface area contributed by atoms with Crippen molar-refractivity contribution in [2.24, 2.45) is 17.8 Å². The minimum atomic E-state index is -0.795. The fraction of sp³-hybridized carbons (Fsp3) is 0.889. The van der Waals surface area contributed by atoms with Gasteiger partial charge in [-0.2, -0.15) is 0 Å². The van der Waals surface area contributed by atoms with E-state index in [0.717, 1.165) is 0 Å². The van der Waals surface area contributed by atoms with Gasteiger partial charge in [0.15, 0.2) is 0 Å². The quantitative estimate of drug-likeness (QED) is 0.777. The number of nitrogens with zero attached hydrogens (tertiary/aromatic N) is 1. The van der Waals surface area contributed by atoms with Gasteiger partial charge in [0.05, 0.1) is 19.3 Å². The molecule has 24 heavy (non-hydrogen) atoms. The van der Waals surface area contributed by atoms with Crippen molar-refractivity contribution in [1.29, 1.82) is 0 Å². The van der Waals surface area contributed by atoms with E-state index in [9.17, 15) is 14.7 Å². The summed E-state index contributed by atoms with van der Waals surface area (Å²) in [5.74, 6) is -0.295. The first-order valence-electron chi connectivity index (χ1n) is 8.76. The predicted octanol–water partition coefficient (Wildman–Crippen LogP) is 2.83. The van der Waals surface area contributed by atoms with E-state index in [0.29, 0.717) is 18.9 Å². The van der Waals surface area contributed by atoms with Crippen LogP contribution in [0.2, 0.25) is 0 Å². The number of aliphatic hydroxyl groups excluding tert-OH is 1. The zero-order chi connectivity index (χ0) is 18.7. The lowest BCUT2D eigenvalue weighted by atomic mass is 9.89. The average molecular weight is 343 g/mol. The Labute approximate surface area is 145 Å². The average Bonchev–Trinajstić information content (AvgIpc) is 2.71. The van der Waals surface area contributed by atoms with E-state index in [2.05, 4.69) is 0 Å². The normalized spacial score (nSPS) is 24.6. The van der Waals surface area contributed by atoms with E-state index in [1.165, 1.54) is 4.90 Å². The SMILES string of the molecule is CC(C)COC(=O)[C@@H]1C(CC(C)C)[C@@H](O)CN1C(=O)OC(C)(C)C. The number of amides is 1. The minimum absolute atomic E-state index is 0.0910. The first kappa shape index (κ1) is 20.7. The number of hydrogen-bond donors (Lipinski definition) is 1. The topological polar surface area (TPSA) is 76.1 Å². The Bertz CT molecular complexity index is 441. The van der Waals surface area contributed by atoms with Crippen LogP contribution in [0, 0.1) is 17.8 Å². The Balaban J connectivity index is 2.98. The molecule has 1 aliphatic rings. The molecule has 1 heterocycles. The molecule has 1 amide bonds. The Hall–Kier alpha value is -1.30. The monoisotopic (exact) mass is 343 g/mol. The van der Waals surface area contributed by atoms with Gasteiger partial charge < -0.3 is 14.6 Å². The summed E-state index contributed by atoms with van der Waals surface area (Å²) < 4.78 is 10.8. The second-order valence-electron chi connectivity index (χ2n) is 8.46. The highest BCUT2D eigenvalue weighted by Crippen LogP contribution is 2.32. The van der Waals surface area contributed by atoms with Crippen LogP contribution in [0.25, 0.3) is 0 Å². The van der Waals surface area contributed by atoms with Crippen molar-refractivity contribution in [3.8, 4) is 0 Å². The molecule has 3 atom stereocenters. The number of aliphatic hydroxyl groups is 1. The van der Waals surface area contributed by atoms with Gasteiger partial charge in [-0.3, -0.25) is 4.90 Å². The summed E-state index contributed by atoms with van der Waals surface area (Å²) in [5, 5.41) is 10.4. The van der Waals surface area contributed by atoms with E-state index in [1.54, 1.807) is 20.8 Å². The first-order chi connectivity index (χ1) is 10.9. The molecule has 1 saturated heterocycles. The third-order valence-corrected chi connectivity index (χ3v) is 3.79. The van der Waals surface area contributed by atoms with E-state index >= 15 is 0 Å². The van der Waals surface area contributed by atoms with Gasteiger partial charge in [-0.25, -0.2) is 9.59 Å². The Morgan fingerprint density at radius 2 is 1.75 bits per heavy atom. The number of likely N-dealkylation sites (tertiary alicyclic amines) is 1. The van der Waals surface area contributed by atoms with Crippen LogP contribution in [0.4, 0.5) is 4.79 Å². The van der Waals surface area contributed by atoms with E-state index in [-0.39, 0.29) is 18.4 Å². The van der Waals surface area contributed by atoms with Gasteiger partial charge in [0, 0.05) is 5.92 Å². The molecule has 0 bridgehead atoms. The summed E-state index contributed by atoms with van der Waals surface area (Å²) in [4.78, 5) is 26.4. The van der Waals surface area contributed by atoms with Gasteiger partial charge in [-0.05, 0) is 39.0 Å². The van der Waals surface area contributed by atoms with Gasteiger partial charge in [-0.15, -0.1) is 0 Å². The molecule has 1 fully saturated rings. The standard InChI is InChI=1S/C18H33NO5/c1-11(2)8-13-14(20)9-19(17(22)24-18(5,6)7)15(13)16(21)23-10-12(3)4/h11-15,20H,8-10H2,1-7H3/t13?,14-,15-/m0/s1. The second-order valence-corrected chi connectivity index (χ2v) is 8.46. The van der Waals surface area contributed by atoms with Crippen molar-refractivity contribution in [1.82, 2.24) is 4.90 Å². The lowest BCUT2D eigenvalue weighted by Gasteiger charge is -2.29. The summed E-state index contributed by atoms with van der Waals surface area (Å²) in [6.45, 7) is 13.7. The molecule has 1 rings (SSSR count). The third kappa shape index (κ3) is 5.96. The van der Waals surface area contributed by atoms with Gasteiger partial charge >= 0.3 is 12.1 Å². The second kappa shape index (κ2) is 8.19.